The van der Waals surface area contributed by atoms with Crippen LogP contribution in [0.5, 0.6) is 0 Å². The van der Waals surface area contributed by atoms with Crippen molar-refractivity contribution in [2.75, 3.05) is 12.4 Å². The molecule has 2 nitrogen and oxygen atoms in total. The van der Waals surface area contributed by atoms with Crippen LogP contribution in [0.15, 0.2) is 0 Å². The van der Waals surface area contributed by atoms with Crippen molar-refractivity contribution < 1.29 is 22.1 Å². The summed E-state index contributed by atoms with van der Waals surface area (Å²) < 4.78 is 46.6. The molecule has 0 rings (SSSR count). The summed E-state index contributed by atoms with van der Waals surface area (Å²) in [6.45, 7) is -0.667. The van der Waals surface area contributed by atoms with E-state index in [2.05, 4.69) is 4.74 Å². The van der Waals surface area contributed by atoms with Gasteiger partial charge in [0.15, 0.2) is 0 Å². The lowest BCUT2D eigenvalue weighted by Gasteiger charge is -2.04. The summed E-state index contributed by atoms with van der Waals surface area (Å²) in [6.07, 6.45) is -4.66. The molecule has 0 saturated carbocycles. The largest absolute Gasteiger partial charge is 0.522 e. The van der Waals surface area contributed by atoms with Gasteiger partial charge in [0, 0.05) is 0 Å². The monoisotopic (exact) mass is 196 g/mol. The number of rotatable bonds is 3. The van der Waals surface area contributed by atoms with E-state index in [1.165, 1.54) is 0 Å². The number of alkyl halides is 3. The minimum absolute atomic E-state index is 0.318. The molecule has 0 spiro atoms. The van der Waals surface area contributed by atoms with Gasteiger partial charge in [-0.05, 0) is 10.7 Å². The van der Waals surface area contributed by atoms with Crippen LogP contribution in [0.3, 0.4) is 0 Å². The lowest BCUT2D eigenvalue weighted by Crippen LogP contribution is -2.16. The molecule has 0 radical (unpaired) electrons. The highest BCUT2D eigenvalue weighted by Crippen LogP contribution is 2.15. The molecular formula is C3H4ClF3O2S. The molecule has 7 heteroatoms. The highest BCUT2D eigenvalue weighted by atomic mass is 35.7. The van der Waals surface area contributed by atoms with E-state index >= 15 is 0 Å². The van der Waals surface area contributed by atoms with Crippen LogP contribution in [0.4, 0.5) is 13.2 Å². The zero-order valence-corrected chi connectivity index (χ0v) is 6.22. The smallest absolute Gasteiger partial charge is 0.291 e. The van der Waals surface area contributed by atoms with E-state index in [0.717, 1.165) is 0 Å². The highest BCUT2D eigenvalue weighted by molar-refractivity contribution is 8.08. The van der Waals surface area contributed by atoms with Gasteiger partial charge < -0.3 is 0 Å². The van der Waals surface area contributed by atoms with Crippen LogP contribution in [0, 0.1) is 0 Å². The Morgan fingerprint density at radius 3 is 2.30 bits per heavy atom. The molecule has 0 aromatic rings. The molecule has 0 aromatic heterocycles. The molecule has 0 aliphatic carbocycles. The number of hydrogen-bond donors (Lipinski definition) is 0. The first-order chi connectivity index (χ1) is 4.42. The molecule has 0 amide bonds. The predicted octanol–water partition coefficient (Wildman–Crippen LogP) is 1.43. The summed E-state index contributed by atoms with van der Waals surface area (Å²) in [6, 6.07) is 0. The van der Waals surface area contributed by atoms with E-state index in [1.807, 2.05) is 0 Å². The van der Waals surface area contributed by atoms with E-state index < -0.39 is 23.0 Å². The lowest BCUT2D eigenvalue weighted by molar-refractivity contribution is -0.322. The maximum atomic E-state index is 11.1. The normalized spacial score (nSPS) is 15.2. The maximum Gasteiger partial charge on any atom is 0.522 e. The van der Waals surface area contributed by atoms with Gasteiger partial charge >= 0.3 is 6.36 Å². The van der Waals surface area contributed by atoms with Crippen LogP contribution in [0.25, 0.3) is 0 Å². The number of halogens is 4. The molecule has 0 aliphatic rings. The highest BCUT2D eigenvalue weighted by Gasteiger charge is 2.28. The average Bonchev–Trinajstić information content (AvgIpc) is 1.59. The van der Waals surface area contributed by atoms with E-state index in [4.69, 9.17) is 10.7 Å². The summed E-state index contributed by atoms with van der Waals surface area (Å²) in [5.74, 6) is -0.318. The van der Waals surface area contributed by atoms with Crippen molar-refractivity contribution in [1.82, 2.24) is 0 Å². The molecule has 0 N–H and O–H groups in total. The van der Waals surface area contributed by atoms with Crippen molar-refractivity contribution in [2.24, 2.45) is 0 Å². The number of hydrogen-bond acceptors (Lipinski definition) is 2. The Hall–Kier alpha value is 0.190. The van der Waals surface area contributed by atoms with Gasteiger partial charge in [0.05, 0.1) is 12.4 Å². The minimum atomic E-state index is -4.66. The van der Waals surface area contributed by atoms with Crippen molar-refractivity contribution in [3.05, 3.63) is 0 Å². The van der Waals surface area contributed by atoms with Gasteiger partial charge in [-0.2, -0.15) is 0 Å². The molecule has 0 heterocycles. The van der Waals surface area contributed by atoms with Gasteiger partial charge in [0.25, 0.3) is 0 Å². The topological polar surface area (TPSA) is 26.3 Å². The van der Waals surface area contributed by atoms with Crippen molar-refractivity contribution in [3.8, 4) is 0 Å². The first-order valence-corrected chi connectivity index (χ1v) is 4.31. The van der Waals surface area contributed by atoms with E-state index in [-0.39, 0.29) is 5.75 Å². The van der Waals surface area contributed by atoms with Crippen LogP contribution in [-0.2, 0) is 14.7 Å². The second-order valence-electron chi connectivity index (χ2n) is 1.29. The van der Waals surface area contributed by atoms with Crippen molar-refractivity contribution in [1.29, 1.82) is 0 Å². The molecule has 0 bridgehead atoms. The van der Waals surface area contributed by atoms with Crippen LogP contribution in [-0.4, -0.2) is 22.9 Å². The predicted molar refractivity (Wildman–Crippen MR) is 30.9 cm³/mol. The standard InChI is InChI=1S/C3H4ClF3O2S/c4-10(8)2-1-9-3(5,6)7/h1-2H2. The molecule has 0 fully saturated rings. The summed E-state index contributed by atoms with van der Waals surface area (Å²) in [4.78, 5) is 0. The van der Waals surface area contributed by atoms with Crippen LogP contribution >= 0.6 is 10.7 Å². The van der Waals surface area contributed by atoms with Crippen LogP contribution < -0.4 is 0 Å². The van der Waals surface area contributed by atoms with Gasteiger partial charge in [-0.3, -0.25) is 4.74 Å². The van der Waals surface area contributed by atoms with Gasteiger partial charge in [0.2, 0.25) is 0 Å². The van der Waals surface area contributed by atoms with Gasteiger partial charge in [-0.25, -0.2) is 4.21 Å². The second kappa shape index (κ2) is 4.15. The molecule has 10 heavy (non-hydrogen) atoms. The lowest BCUT2D eigenvalue weighted by atomic mass is 10.9. The van der Waals surface area contributed by atoms with Gasteiger partial charge in [0.1, 0.15) is 10.0 Å². The van der Waals surface area contributed by atoms with E-state index in [9.17, 15) is 17.4 Å². The Morgan fingerprint density at radius 2 is 2.00 bits per heavy atom. The summed E-state index contributed by atoms with van der Waals surface area (Å²) >= 11 is 0. The molecule has 1 unspecified atom stereocenters. The quantitative estimate of drug-likeness (QED) is 0.639. The fourth-order valence-corrected chi connectivity index (χ4v) is 0.626. The molecule has 1 atom stereocenters. The third-order valence-electron chi connectivity index (χ3n) is 0.510. The first-order valence-electron chi connectivity index (χ1n) is 2.17. The van der Waals surface area contributed by atoms with Crippen molar-refractivity contribution in [2.45, 2.75) is 6.36 Å². The maximum absolute atomic E-state index is 11.1. The van der Waals surface area contributed by atoms with Gasteiger partial charge in [-0.1, -0.05) is 0 Å². The van der Waals surface area contributed by atoms with E-state index in [1.54, 1.807) is 0 Å². The molecule has 0 aromatic carbocycles. The Balaban J connectivity index is 3.29. The Morgan fingerprint density at radius 1 is 1.50 bits per heavy atom. The SMILES string of the molecule is O=S(Cl)CCOC(F)(F)F. The number of ether oxygens (including phenoxy) is 1. The first kappa shape index (κ1) is 10.2. The Bertz CT molecular complexity index is 125. The summed E-state index contributed by atoms with van der Waals surface area (Å²) in [7, 11) is 3.08. The second-order valence-corrected chi connectivity index (χ2v) is 3.31. The fourth-order valence-electron chi connectivity index (χ4n) is 0.223. The summed E-state index contributed by atoms with van der Waals surface area (Å²) in [5, 5.41) is 0. The average molecular weight is 197 g/mol. The molecule has 0 saturated heterocycles. The molecule has 0 aliphatic heterocycles. The summed E-state index contributed by atoms with van der Waals surface area (Å²) in [5.41, 5.74) is 0. The zero-order valence-electron chi connectivity index (χ0n) is 4.65. The minimum Gasteiger partial charge on any atom is -0.291 e. The molecule has 62 valence electrons. The van der Waals surface area contributed by atoms with Crippen LogP contribution in [0.1, 0.15) is 0 Å². The van der Waals surface area contributed by atoms with Gasteiger partial charge in [-0.15, -0.1) is 13.2 Å². The Labute approximate surface area is 62.3 Å². The third-order valence-corrected chi connectivity index (χ3v) is 1.46. The van der Waals surface area contributed by atoms with Crippen molar-refractivity contribution in [3.63, 3.8) is 0 Å². The Kier molecular flexibility index (Phi) is 4.23. The molecular weight excluding hydrogens is 193 g/mol. The third kappa shape index (κ3) is 8.19. The fraction of sp³-hybridized carbons (Fsp3) is 1.00. The van der Waals surface area contributed by atoms with Crippen molar-refractivity contribution >= 4 is 20.7 Å². The van der Waals surface area contributed by atoms with Crippen LogP contribution in [0.2, 0.25) is 0 Å². The van der Waals surface area contributed by atoms with E-state index in [0.29, 0.717) is 0 Å². The zero-order chi connectivity index (χ0) is 8.20.